The van der Waals surface area contributed by atoms with Crippen LogP contribution < -0.4 is 5.73 Å². The van der Waals surface area contributed by atoms with E-state index in [-0.39, 0.29) is 17.7 Å². The molecule has 1 saturated heterocycles. The lowest BCUT2D eigenvalue weighted by molar-refractivity contribution is -0.145. The summed E-state index contributed by atoms with van der Waals surface area (Å²) in [6.07, 6.45) is 2.43. The number of carbonyl (C=O) groups is 2. The predicted octanol–water partition coefficient (Wildman–Crippen LogP) is 2.54. The summed E-state index contributed by atoms with van der Waals surface area (Å²) in [4.78, 5) is 24.3. The Labute approximate surface area is 134 Å². The summed E-state index contributed by atoms with van der Waals surface area (Å²) < 4.78 is 18.6. The number of ether oxygens (including phenoxy) is 1. The van der Waals surface area contributed by atoms with E-state index in [0.717, 1.165) is 24.2 Å². The van der Waals surface area contributed by atoms with Crippen LogP contribution in [-0.4, -0.2) is 30.1 Å². The maximum absolute atomic E-state index is 14.3. The summed E-state index contributed by atoms with van der Waals surface area (Å²) in [5, 5.41) is 0. The number of hydrogen-bond acceptors (Lipinski definition) is 4. The first-order valence-corrected chi connectivity index (χ1v) is 8.04. The number of carbonyl (C=O) groups excluding carboxylic acids is 2. The van der Waals surface area contributed by atoms with Crippen LogP contribution in [0.3, 0.4) is 0 Å². The average molecular weight is 320 g/mol. The van der Waals surface area contributed by atoms with Gasteiger partial charge in [0.25, 0.3) is 0 Å². The summed E-state index contributed by atoms with van der Waals surface area (Å²) in [6, 6.07) is 5.36. The molecule has 2 aliphatic rings. The van der Waals surface area contributed by atoms with Crippen molar-refractivity contribution in [1.82, 2.24) is 4.90 Å². The Bertz CT molecular complexity index is 608. The van der Waals surface area contributed by atoms with Gasteiger partial charge < -0.3 is 10.5 Å². The highest BCUT2D eigenvalue weighted by molar-refractivity contribution is 5.85. The third-order valence-corrected chi connectivity index (χ3v) is 4.81. The van der Waals surface area contributed by atoms with Gasteiger partial charge in [-0.25, -0.2) is 9.18 Å². The molecule has 0 radical (unpaired) electrons. The van der Waals surface area contributed by atoms with Gasteiger partial charge in [0.2, 0.25) is 0 Å². The lowest BCUT2D eigenvalue weighted by Gasteiger charge is -2.33. The van der Waals surface area contributed by atoms with Crippen molar-refractivity contribution in [1.29, 1.82) is 0 Å². The van der Waals surface area contributed by atoms with E-state index in [2.05, 4.69) is 9.64 Å². The minimum Gasteiger partial charge on any atom is -0.376 e. The average Bonchev–Trinajstić information content (AvgIpc) is 2.92. The van der Waals surface area contributed by atoms with Crippen molar-refractivity contribution in [2.75, 3.05) is 13.1 Å². The highest BCUT2D eigenvalue weighted by atomic mass is 19.1. The molecule has 2 N–H and O–H groups in total. The van der Waals surface area contributed by atoms with Gasteiger partial charge >= 0.3 is 12.1 Å². The van der Waals surface area contributed by atoms with E-state index >= 15 is 0 Å². The molecule has 2 fully saturated rings. The minimum absolute atomic E-state index is 0.135. The molecule has 1 heterocycles. The summed E-state index contributed by atoms with van der Waals surface area (Å²) >= 11 is 0. The fourth-order valence-corrected chi connectivity index (χ4v) is 3.39. The molecule has 3 rings (SSSR count). The van der Waals surface area contributed by atoms with E-state index < -0.39 is 12.1 Å². The normalized spacial score (nSPS) is 24.2. The first kappa shape index (κ1) is 15.9. The standard InChI is InChI=1S/C17H21FN2O3/c18-15-9-11(3-4-12(15)10-20-5-1-2-6-20)13-7-14(8-13)16(21)23-17(19)22/h3-4,9,13-14H,1-2,5-8,10H2,(H2,19,22). The van der Waals surface area contributed by atoms with Gasteiger partial charge in [-0.3, -0.25) is 9.69 Å². The van der Waals surface area contributed by atoms with Crippen LogP contribution >= 0.6 is 0 Å². The van der Waals surface area contributed by atoms with Crippen molar-refractivity contribution in [2.45, 2.75) is 38.1 Å². The molecule has 5 nitrogen and oxygen atoms in total. The quantitative estimate of drug-likeness (QED) is 0.683. The smallest absolute Gasteiger partial charge is 0.376 e. The van der Waals surface area contributed by atoms with Crippen LogP contribution in [0.1, 0.15) is 42.7 Å². The van der Waals surface area contributed by atoms with Gasteiger partial charge in [-0.05, 0) is 56.3 Å². The Balaban J connectivity index is 1.56. The SMILES string of the molecule is NC(=O)OC(=O)C1CC(c2ccc(CN3CCCC3)c(F)c2)C1. The molecule has 1 aromatic rings. The second-order valence-electron chi connectivity index (χ2n) is 6.44. The van der Waals surface area contributed by atoms with Crippen LogP contribution in [0, 0.1) is 11.7 Å². The second-order valence-corrected chi connectivity index (χ2v) is 6.44. The Kier molecular flexibility index (Phi) is 4.61. The monoisotopic (exact) mass is 320 g/mol. The molecule has 1 saturated carbocycles. The van der Waals surface area contributed by atoms with Crippen molar-refractivity contribution in [3.63, 3.8) is 0 Å². The molecule has 23 heavy (non-hydrogen) atoms. The van der Waals surface area contributed by atoms with Crippen molar-refractivity contribution >= 4 is 12.1 Å². The van der Waals surface area contributed by atoms with Gasteiger partial charge in [-0.1, -0.05) is 12.1 Å². The second kappa shape index (κ2) is 6.66. The van der Waals surface area contributed by atoms with Crippen molar-refractivity contribution in [3.8, 4) is 0 Å². The highest BCUT2D eigenvalue weighted by Crippen LogP contribution is 2.42. The maximum atomic E-state index is 14.3. The van der Waals surface area contributed by atoms with E-state index in [0.29, 0.717) is 19.4 Å². The molecule has 0 unspecified atom stereocenters. The Hall–Kier alpha value is -1.95. The molecule has 124 valence electrons. The number of nitrogens with zero attached hydrogens (tertiary/aromatic N) is 1. The van der Waals surface area contributed by atoms with Gasteiger partial charge in [0.05, 0.1) is 5.92 Å². The summed E-state index contributed by atoms with van der Waals surface area (Å²) in [5.74, 6) is -0.951. The molecule has 1 aliphatic carbocycles. The molecular weight excluding hydrogens is 299 g/mol. The van der Waals surface area contributed by atoms with E-state index in [1.54, 1.807) is 6.07 Å². The number of esters is 1. The number of nitrogens with two attached hydrogens (primary N) is 1. The first-order chi connectivity index (χ1) is 11.0. The number of hydrogen-bond donors (Lipinski definition) is 1. The zero-order valence-electron chi connectivity index (χ0n) is 13.0. The third kappa shape index (κ3) is 3.69. The predicted molar refractivity (Wildman–Crippen MR) is 82.1 cm³/mol. The van der Waals surface area contributed by atoms with Crippen LogP contribution in [0.4, 0.5) is 9.18 Å². The maximum Gasteiger partial charge on any atom is 0.412 e. The zero-order chi connectivity index (χ0) is 16.4. The summed E-state index contributed by atoms with van der Waals surface area (Å²) in [7, 11) is 0. The molecule has 1 amide bonds. The van der Waals surface area contributed by atoms with Gasteiger partial charge in [0.1, 0.15) is 5.82 Å². The van der Waals surface area contributed by atoms with Crippen LogP contribution in [0.2, 0.25) is 0 Å². The molecule has 6 heteroatoms. The molecule has 0 aromatic heterocycles. The summed E-state index contributed by atoms with van der Waals surface area (Å²) in [6.45, 7) is 2.73. The Morgan fingerprint density at radius 3 is 2.57 bits per heavy atom. The van der Waals surface area contributed by atoms with E-state index in [1.165, 1.54) is 12.8 Å². The van der Waals surface area contributed by atoms with Crippen LogP contribution in [0.5, 0.6) is 0 Å². The van der Waals surface area contributed by atoms with Gasteiger partial charge in [-0.2, -0.15) is 0 Å². The van der Waals surface area contributed by atoms with Gasteiger partial charge in [-0.15, -0.1) is 0 Å². The first-order valence-electron chi connectivity index (χ1n) is 8.04. The van der Waals surface area contributed by atoms with Crippen LogP contribution in [0.15, 0.2) is 18.2 Å². The highest BCUT2D eigenvalue weighted by Gasteiger charge is 2.37. The number of halogens is 1. The fourth-order valence-electron chi connectivity index (χ4n) is 3.39. The van der Waals surface area contributed by atoms with E-state index in [9.17, 15) is 14.0 Å². The number of likely N-dealkylation sites (tertiary alicyclic amines) is 1. The number of amides is 1. The van der Waals surface area contributed by atoms with Gasteiger partial charge in [0, 0.05) is 12.1 Å². The number of primary amides is 1. The summed E-state index contributed by atoms with van der Waals surface area (Å²) in [5.41, 5.74) is 6.44. The lowest BCUT2D eigenvalue weighted by atomic mass is 9.71. The molecular formula is C17H21FN2O3. The lowest BCUT2D eigenvalue weighted by Crippen LogP contribution is -2.33. The molecule has 0 atom stereocenters. The molecule has 1 aliphatic heterocycles. The largest absolute Gasteiger partial charge is 0.412 e. The third-order valence-electron chi connectivity index (χ3n) is 4.81. The molecule has 0 bridgehead atoms. The van der Waals surface area contributed by atoms with Crippen molar-refractivity contribution < 1.29 is 18.7 Å². The van der Waals surface area contributed by atoms with Crippen LogP contribution in [0.25, 0.3) is 0 Å². The number of benzene rings is 1. The van der Waals surface area contributed by atoms with Gasteiger partial charge in [0.15, 0.2) is 0 Å². The minimum atomic E-state index is -1.07. The van der Waals surface area contributed by atoms with Crippen molar-refractivity contribution in [2.24, 2.45) is 11.7 Å². The Morgan fingerprint density at radius 1 is 1.26 bits per heavy atom. The van der Waals surface area contributed by atoms with Crippen molar-refractivity contribution in [3.05, 3.63) is 35.1 Å². The molecule has 0 spiro atoms. The van der Waals surface area contributed by atoms with Crippen LogP contribution in [-0.2, 0) is 16.1 Å². The fraction of sp³-hybridized carbons (Fsp3) is 0.529. The zero-order valence-corrected chi connectivity index (χ0v) is 13.0. The molecule has 1 aromatic carbocycles. The Morgan fingerprint density at radius 2 is 1.96 bits per heavy atom. The topological polar surface area (TPSA) is 72.6 Å². The van der Waals surface area contributed by atoms with E-state index in [4.69, 9.17) is 5.73 Å². The van der Waals surface area contributed by atoms with E-state index in [1.807, 2.05) is 12.1 Å². The number of rotatable bonds is 4.